The maximum atomic E-state index is 14.1. The number of esters is 2. The zero-order valence-corrected chi connectivity index (χ0v) is 25.5. The smallest absolute Gasteiger partial charge is 0.343 e. The van der Waals surface area contributed by atoms with E-state index >= 15 is 0 Å². The average molecular weight is 604 g/mol. The normalized spacial score (nSPS) is 14.8. The summed E-state index contributed by atoms with van der Waals surface area (Å²) in [6.45, 7) is 8.35. The van der Waals surface area contributed by atoms with Gasteiger partial charge in [0.05, 0.1) is 42.2 Å². The van der Waals surface area contributed by atoms with Crippen molar-refractivity contribution < 1.29 is 28.5 Å². The highest BCUT2D eigenvalue weighted by atomic mass is 32.1. The van der Waals surface area contributed by atoms with Crippen LogP contribution >= 0.6 is 11.3 Å². The Balaban J connectivity index is 1.69. The van der Waals surface area contributed by atoms with E-state index in [1.165, 1.54) is 23.0 Å². The van der Waals surface area contributed by atoms with Gasteiger partial charge in [0.2, 0.25) is 0 Å². The van der Waals surface area contributed by atoms with E-state index in [-0.39, 0.29) is 24.3 Å². The first-order valence-electron chi connectivity index (χ1n) is 14.0. The Bertz CT molecular complexity index is 1910. The van der Waals surface area contributed by atoms with Gasteiger partial charge in [0.15, 0.2) is 22.9 Å². The molecule has 4 aromatic rings. The molecule has 2 aromatic carbocycles. The highest BCUT2D eigenvalue weighted by Gasteiger charge is 2.34. The highest BCUT2D eigenvalue weighted by molar-refractivity contribution is 7.07. The topological polar surface area (TPSA) is 110 Å². The summed E-state index contributed by atoms with van der Waals surface area (Å²) in [7, 11) is 1.28. The summed E-state index contributed by atoms with van der Waals surface area (Å²) in [5.41, 5.74) is 3.05. The fourth-order valence-electron chi connectivity index (χ4n) is 5.18. The molecule has 43 heavy (non-hydrogen) atoms. The number of aromatic nitrogens is 2. The van der Waals surface area contributed by atoms with E-state index in [2.05, 4.69) is 27.3 Å². The highest BCUT2D eigenvalue weighted by Crippen LogP contribution is 2.36. The first-order valence-corrected chi connectivity index (χ1v) is 14.9. The van der Waals surface area contributed by atoms with Gasteiger partial charge in [-0.25, -0.2) is 14.6 Å². The number of benzene rings is 2. The number of aryl methyl sites for hydroxylation is 1. The molecule has 0 unspecified atom stereocenters. The average Bonchev–Trinajstić information content (AvgIpc) is 3.52. The Morgan fingerprint density at radius 1 is 1.05 bits per heavy atom. The number of hydrogen-bond donors (Lipinski definition) is 0. The van der Waals surface area contributed by atoms with Crippen molar-refractivity contribution in [1.82, 2.24) is 9.13 Å². The van der Waals surface area contributed by atoms with E-state index in [1.54, 1.807) is 32.0 Å². The molecule has 3 heterocycles. The van der Waals surface area contributed by atoms with E-state index in [0.29, 0.717) is 38.7 Å². The van der Waals surface area contributed by atoms with Crippen LogP contribution in [0.15, 0.2) is 69.7 Å². The molecule has 224 valence electrons. The quantitative estimate of drug-likeness (QED) is 0.254. The van der Waals surface area contributed by atoms with Crippen LogP contribution in [0.2, 0.25) is 0 Å². The summed E-state index contributed by atoms with van der Waals surface area (Å²) in [6, 6.07) is 12.3. The molecule has 2 aromatic heterocycles. The zero-order chi connectivity index (χ0) is 30.7. The van der Waals surface area contributed by atoms with Crippen molar-refractivity contribution in [2.45, 2.75) is 40.3 Å². The molecule has 5 rings (SSSR count). The van der Waals surface area contributed by atoms with E-state index < -0.39 is 18.0 Å². The second kappa shape index (κ2) is 12.7. The third-order valence-corrected chi connectivity index (χ3v) is 8.10. The summed E-state index contributed by atoms with van der Waals surface area (Å²) in [5.74, 6) is -0.410. The molecule has 0 aliphatic carbocycles. The van der Waals surface area contributed by atoms with Gasteiger partial charge in [0.25, 0.3) is 5.56 Å². The molecule has 0 saturated carbocycles. The molecule has 0 radical (unpaired) electrons. The minimum Gasteiger partial charge on any atom is -0.490 e. The molecule has 0 saturated heterocycles. The van der Waals surface area contributed by atoms with Gasteiger partial charge in [-0.05, 0) is 57.5 Å². The molecule has 0 amide bonds. The number of hydrogen-bond acceptors (Lipinski definition) is 9. The number of carbonyl (C=O) groups excluding carboxylic acids is 2. The van der Waals surface area contributed by atoms with Crippen LogP contribution in [0.25, 0.3) is 17.0 Å². The lowest BCUT2D eigenvalue weighted by molar-refractivity contribution is -0.143. The van der Waals surface area contributed by atoms with E-state index in [9.17, 15) is 14.4 Å². The monoisotopic (exact) mass is 603 g/mol. The van der Waals surface area contributed by atoms with Crippen molar-refractivity contribution in [3.63, 3.8) is 0 Å². The van der Waals surface area contributed by atoms with E-state index in [1.807, 2.05) is 37.4 Å². The number of fused-ring (bicyclic) bond motifs is 2. The minimum absolute atomic E-state index is 0.165. The lowest BCUT2D eigenvalue weighted by Crippen LogP contribution is -2.40. The molecule has 10 nitrogen and oxygen atoms in total. The molecule has 1 atom stereocenters. The van der Waals surface area contributed by atoms with E-state index in [4.69, 9.17) is 14.2 Å². The maximum absolute atomic E-state index is 14.1. The lowest BCUT2D eigenvalue weighted by atomic mass is 9.95. The first kappa shape index (κ1) is 29.8. The number of para-hydroxylation sites is 1. The van der Waals surface area contributed by atoms with Crippen molar-refractivity contribution in [3.05, 3.63) is 90.7 Å². The Kier molecular flexibility index (Phi) is 8.81. The Morgan fingerprint density at radius 3 is 2.56 bits per heavy atom. The SMILES string of the molecule is CCOC(=O)C1=C(C)N=c2s/c(=C/c3cn(CC)c4ccccc34)c(=O)n2[C@@H]1c1ccc(OCC(=O)OC)c(OCC)c1. The van der Waals surface area contributed by atoms with Crippen LogP contribution in [0.5, 0.6) is 11.5 Å². The largest absolute Gasteiger partial charge is 0.490 e. The summed E-state index contributed by atoms with van der Waals surface area (Å²) in [5, 5.41) is 1.04. The van der Waals surface area contributed by atoms with Crippen LogP contribution in [0.4, 0.5) is 0 Å². The molecule has 0 bridgehead atoms. The van der Waals surface area contributed by atoms with Gasteiger partial charge in [0.1, 0.15) is 0 Å². The van der Waals surface area contributed by atoms with Gasteiger partial charge < -0.3 is 23.5 Å². The third kappa shape index (κ3) is 5.72. The predicted octanol–water partition coefficient (Wildman–Crippen LogP) is 3.72. The Morgan fingerprint density at radius 2 is 1.84 bits per heavy atom. The van der Waals surface area contributed by atoms with Crippen molar-refractivity contribution in [1.29, 1.82) is 0 Å². The molecular formula is C32H33N3O7S. The molecule has 11 heteroatoms. The van der Waals surface area contributed by atoms with Gasteiger partial charge in [-0.2, -0.15) is 0 Å². The number of carbonyl (C=O) groups is 2. The summed E-state index contributed by atoms with van der Waals surface area (Å²) >= 11 is 1.27. The number of ether oxygens (including phenoxy) is 4. The number of methoxy groups -OCH3 is 1. The minimum atomic E-state index is -0.830. The number of rotatable bonds is 10. The lowest BCUT2D eigenvalue weighted by Gasteiger charge is -2.25. The summed E-state index contributed by atoms with van der Waals surface area (Å²) in [6.07, 6.45) is 3.92. The van der Waals surface area contributed by atoms with Gasteiger partial charge in [-0.15, -0.1) is 0 Å². The molecule has 1 aliphatic rings. The summed E-state index contributed by atoms with van der Waals surface area (Å²) in [4.78, 5) is 44.3. The third-order valence-electron chi connectivity index (χ3n) is 7.12. The van der Waals surface area contributed by atoms with Gasteiger partial charge >= 0.3 is 11.9 Å². The van der Waals surface area contributed by atoms with Crippen LogP contribution in [-0.2, 0) is 25.6 Å². The molecule has 1 aliphatic heterocycles. The molecular weight excluding hydrogens is 570 g/mol. The van der Waals surface area contributed by atoms with Crippen molar-refractivity contribution in [3.8, 4) is 11.5 Å². The van der Waals surface area contributed by atoms with E-state index in [0.717, 1.165) is 23.0 Å². The zero-order valence-electron chi connectivity index (χ0n) is 24.7. The number of thiazole rings is 1. The van der Waals surface area contributed by atoms with Gasteiger partial charge in [-0.1, -0.05) is 35.6 Å². The second-order valence-corrected chi connectivity index (χ2v) is 10.7. The number of nitrogens with zero attached hydrogens (tertiary/aromatic N) is 3. The number of allylic oxidation sites excluding steroid dienone is 1. The van der Waals surface area contributed by atoms with Crippen LogP contribution in [0, 0.1) is 0 Å². The van der Waals surface area contributed by atoms with Crippen LogP contribution < -0.4 is 24.4 Å². The predicted molar refractivity (Wildman–Crippen MR) is 163 cm³/mol. The van der Waals surface area contributed by atoms with Crippen molar-refractivity contribution in [2.75, 3.05) is 26.9 Å². The Hall–Kier alpha value is -4.64. The fourth-order valence-corrected chi connectivity index (χ4v) is 6.22. The molecule has 0 N–H and O–H groups in total. The summed E-state index contributed by atoms with van der Waals surface area (Å²) < 4.78 is 25.7. The Labute approximate surface area is 252 Å². The van der Waals surface area contributed by atoms with Crippen molar-refractivity contribution in [2.24, 2.45) is 4.99 Å². The van der Waals surface area contributed by atoms with Gasteiger partial charge in [-0.3, -0.25) is 9.36 Å². The fraction of sp³-hybridized carbons (Fsp3) is 0.312. The van der Waals surface area contributed by atoms with Crippen molar-refractivity contribution >= 4 is 40.3 Å². The second-order valence-electron chi connectivity index (χ2n) is 9.69. The first-order chi connectivity index (χ1) is 20.8. The standard InChI is InChI=1S/C32H33N3O7S/c1-6-34-17-21(22-11-9-10-12-23(22)34)16-26-30(37)35-29(28(31(38)41-8-3)19(4)33-32(35)43-26)20-13-14-24(25(15-20)40-7-2)42-18-27(36)39-5/h9-17,29H,6-8,18H2,1-5H3/b26-16+/t29-/m1/s1. The van der Waals surface area contributed by atoms with Gasteiger partial charge in [0, 0.05) is 29.2 Å². The van der Waals surface area contributed by atoms with Crippen LogP contribution in [0.1, 0.15) is 44.9 Å². The maximum Gasteiger partial charge on any atom is 0.343 e. The van der Waals surface area contributed by atoms with Crippen LogP contribution in [0.3, 0.4) is 0 Å². The van der Waals surface area contributed by atoms with Crippen LogP contribution in [-0.4, -0.2) is 48.0 Å². The molecule has 0 spiro atoms. The molecule has 0 fully saturated rings.